The normalized spacial score (nSPS) is 10.1. The first kappa shape index (κ1) is 16.2. The number of hydrogen-bond donors (Lipinski definition) is 3. The topological polar surface area (TPSA) is 96.2 Å². The Balaban J connectivity index is 2.28. The van der Waals surface area contributed by atoms with Gasteiger partial charge in [0, 0.05) is 0 Å². The van der Waals surface area contributed by atoms with Crippen LogP contribution in [0.1, 0.15) is 15.9 Å². The Morgan fingerprint density at radius 1 is 1.13 bits per heavy atom. The zero-order valence-corrected chi connectivity index (χ0v) is 12.4. The van der Waals surface area contributed by atoms with Crippen LogP contribution in [0.15, 0.2) is 43.0 Å². The number of hydrogen-bond acceptors (Lipinski definition) is 6. The molecule has 2 aromatic rings. The predicted octanol–water partition coefficient (Wildman–Crippen LogP) is 2.76. The number of benzene rings is 2. The summed E-state index contributed by atoms with van der Waals surface area (Å²) in [7, 11) is 1.45. The van der Waals surface area contributed by atoms with Gasteiger partial charge in [-0.15, -0.1) is 6.58 Å². The summed E-state index contributed by atoms with van der Waals surface area (Å²) in [6, 6.07) is 7.05. The maximum atomic E-state index is 12.1. The fourth-order valence-corrected chi connectivity index (χ4v) is 1.97. The van der Waals surface area contributed by atoms with E-state index in [0.717, 1.165) is 17.7 Å². The minimum atomic E-state index is -0.814. The number of methoxy groups -OCH3 is 1. The van der Waals surface area contributed by atoms with Crippen molar-refractivity contribution in [1.29, 1.82) is 0 Å². The lowest BCUT2D eigenvalue weighted by atomic mass is 10.1. The van der Waals surface area contributed by atoms with Crippen molar-refractivity contribution in [3.63, 3.8) is 0 Å². The maximum absolute atomic E-state index is 12.1. The van der Waals surface area contributed by atoms with Gasteiger partial charge in [-0.3, -0.25) is 0 Å². The van der Waals surface area contributed by atoms with E-state index in [1.807, 2.05) is 0 Å². The number of esters is 1. The molecular formula is C17H16O6. The van der Waals surface area contributed by atoms with Crippen LogP contribution in [0.5, 0.6) is 28.7 Å². The van der Waals surface area contributed by atoms with E-state index in [2.05, 4.69) is 6.58 Å². The minimum Gasteiger partial charge on any atom is -0.504 e. The molecule has 0 radical (unpaired) electrons. The fraction of sp³-hybridized carbons (Fsp3) is 0.118. The van der Waals surface area contributed by atoms with Crippen LogP contribution in [-0.2, 0) is 6.42 Å². The Kier molecular flexibility index (Phi) is 4.75. The van der Waals surface area contributed by atoms with Gasteiger partial charge in [0.1, 0.15) is 0 Å². The van der Waals surface area contributed by atoms with Gasteiger partial charge in [-0.2, -0.15) is 0 Å². The smallest absolute Gasteiger partial charge is 0.343 e. The first-order chi connectivity index (χ1) is 11.0. The van der Waals surface area contributed by atoms with Gasteiger partial charge >= 0.3 is 5.97 Å². The van der Waals surface area contributed by atoms with Gasteiger partial charge < -0.3 is 24.8 Å². The van der Waals surface area contributed by atoms with E-state index < -0.39 is 23.2 Å². The number of phenols is 3. The number of rotatable bonds is 5. The summed E-state index contributed by atoms with van der Waals surface area (Å²) in [5.41, 5.74) is 0.826. The van der Waals surface area contributed by atoms with Gasteiger partial charge in [0.25, 0.3) is 0 Å². The van der Waals surface area contributed by atoms with Crippen molar-refractivity contribution in [2.75, 3.05) is 7.11 Å². The van der Waals surface area contributed by atoms with E-state index in [1.165, 1.54) is 7.11 Å². The summed E-state index contributed by atoms with van der Waals surface area (Å²) in [4.78, 5) is 12.1. The van der Waals surface area contributed by atoms with E-state index in [-0.39, 0.29) is 11.3 Å². The average Bonchev–Trinajstić information content (AvgIpc) is 2.53. The summed E-state index contributed by atoms with van der Waals surface area (Å²) in [5.74, 6) is -2.20. The molecule has 0 aliphatic rings. The van der Waals surface area contributed by atoms with Gasteiger partial charge in [-0.05, 0) is 36.2 Å². The molecule has 0 atom stereocenters. The molecule has 2 rings (SSSR count). The Bertz CT molecular complexity index is 728. The van der Waals surface area contributed by atoms with Crippen LogP contribution in [-0.4, -0.2) is 28.4 Å². The molecule has 0 saturated carbocycles. The number of ether oxygens (including phenoxy) is 2. The number of carbonyl (C=O) groups excluding carboxylic acids is 1. The zero-order chi connectivity index (χ0) is 17.0. The summed E-state index contributed by atoms with van der Waals surface area (Å²) in [5, 5.41) is 28.2. The van der Waals surface area contributed by atoms with Gasteiger partial charge in [0.05, 0.1) is 12.7 Å². The molecular weight excluding hydrogens is 300 g/mol. The van der Waals surface area contributed by atoms with Crippen LogP contribution < -0.4 is 9.47 Å². The molecule has 0 unspecified atom stereocenters. The Morgan fingerprint density at radius 3 is 2.35 bits per heavy atom. The number of allylic oxidation sites excluding steroid dienone is 1. The third-order valence-electron chi connectivity index (χ3n) is 3.12. The second-order valence-electron chi connectivity index (χ2n) is 4.73. The van der Waals surface area contributed by atoms with Crippen molar-refractivity contribution < 1.29 is 29.6 Å². The van der Waals surface area contributed by atoms with Crippen molar-refractivity contribution in [3.05, 3.63) is 54.1 Å². The minimum absolute atomic E-state index is 0.116. The summed E-state index contributed by atoms with van der Waals surface area (Å²) < 4.78 is 10.4. The lowest BCUT2D eigenvalue weighted by Crippen LogP contribution is -2.09. The second kappa shape index (κ2) is 6.74. The van der Waals surface area contributed by atoms with Crippen molar-refractivity contribution in [1.82, 2.24) is 0 Å². The molecule has 0 spiro atoms. The molecule has 0 fully saturated rings. The van der Waals surface area contributed by atoms with E-state index in [1.54, 1.807) is 24.3 Å². The highest BCUT2D eigenvalue weighted by molar-refractivity contribution is 5.92. The quantitative estimate of drug-likeness (QED) is 0.340. The molecule has 3 N–H and O–H groups in total. The first-order valence-corrected chi connectivity index (χ1v) is 6.71. The van der Waals surface area contributed by atoms with Crippen molar-refractivity contribution in [2.45, 2.75) is 6.42 Å². The molecule has 0 aliphatic carbocycles. The summed E-state index contributed by atoms with van der Waals surface area (Å²) in [6.45, 7) is 3.65. The van der Waals surface area contributed by atoms with Crippen molar-refractivity contribution >= 4 is 5.97 Å². The number of carbonyl (C=O) groups is 1. The molecule has 0 amide bonds. The second-order valence-corrected chi connectivity index (χ2v) is 4.73. The summed E-state index contributed by atoms with van der Waals surface area (Å²) in [6.07, 6.45) is 2.38. The van der Waals surface area contributed by atoms with Crippen LogP contribution in [0.3, 0.4) is 0 Å². The lowest BCUT2D eigenvalue weighted by molar-refractivity contribution is 0.0728. The van der Waals surface area contributed by atoms with Crippen molar-refractivity contribution in [2.24, 2.45) is 0 Å². The molecule has 120 valence electrons. The maximum Gasteiger partial charge on any atom is 0.343 e. The fourth-order valence-electron chi connectivity index (χ4n) is 1.97. The Morgan fingerprint density at radius 2 is 1.78 bits per heavy atom. The first-order valence-electron chi connectivity index (χ1n) is 6.71. The van der Waals surface area contributed by atoms with Crippen LogP contribution in [0.4, 0.5) is 0 Å². The van der Waals surface area contributed by atoms with Crippen LogP contribution in [0, 0.1) is 0 Å². The van der Waals surface area contributed by atoms with Crippen molar-refractivity contribution in [3.8, 4) is 28.7 Å². The number of aromatic hydroxyl groups is 3. The summed E-state index contributed by atoms with van der Waals surface area (Å²) >= 11 is 0. The SMILES string of the molecule is C=CCc1ccc(OC(=O)c2cc(O)c(O)c(O)c2)c(OC)c1. The highest BCUT2D eigenvalue weighted by atomic mass is 16.6. The van der Waals surface area contributed by atoms with Gasteiger partial charge in [-0.1, -0.05) is 12.1 Å². The molecule has 6 nitrogen and oxygen atoms in total. The largest absolute Gasteiger partial charge is 0.504 e. The third kappa shape index (κ3) is 3.55. The lowest BCUT2D eigenvalue weighted by Gasteiger charge is -2.11. The monoisotopic (exact) mass is 316 g/mol. The molecule has 0 aliphatic heterocycles. The van der Waals surface area contributed by atoms with Crippen LogP contribution in [0.25, 0.3) is 0 Å². The van der Waals surface area contributed by atoms with Crippen LogP contribution in [0.2, 0.25) is 0 Å². The average molecular weight is 316 g/mol. The molecule has 6 heteroatoms. The molecule has 0 heterocycles. The Hall–Kier alpha value is -3.15. The van der Waals surface area contributed by atoms with E-state index in [9.17, 15) is 20.1 Å². The van der Waals surface area contributed by atoms with Gasteiger partial charge in [0.15, 0.2) is 28.7 Å². The molecule has 23 heavy (non-hydrogen) atoms. The van der Waals surface area contributed by atoms with E-state index in [0.29, 0.717) is 12.2 Å². The molecule has 0 aromatic heterocycles. The van der Waals surface area contributed by atoms with Crippen LogP contribution >= 0.6 is 0 Å². The molecule has 2 aromatic carbocycles. The third-order valence-corrected chi connectivity index (χ3v) is 3.12. The molecule has 0 saturated heterocycles. The highest BCUT2D eigenvalue weighted by Crippen LogP contribution is 2.36. The van der Waals surface area contributed by atoms with Gasteiger partial charge in [0.2, 0.25) is 0 Å². The predicted molar refractivity (Wildman–Crippen MR) is 83.3 cm³/mol. The highest BCUT2D eigenvalue weighted by Gasteiger charge is 2.17. The molecule has 0 bridgehead atoms. The van der Waals surface area contributed by atoms with E-state index >= 15 is 0 Å². The van der Waals surface area contributed by atoms with E-state index in [4.69, 9.17) is 9.47 Å². The zero-order valence-electron chi connectivity index (χ0n) is 12.4. The van der Waals surface area contributed by atoms with Gasteiger partial charge in [-0.25, -0.2) is 4.79 Å². The Labute approximate surface area is 132 Å². The number of phenolic OH excluding ortho intramolecular Hbond substituents is 3. The standard InChI is InChI=1S/C17H16O6/c1-3-4-10-5-6-14(15(7-10)22-2)23-17(21)11-8-12(18)16(20)13(19)9-11/h3,5-9,18-20H,1,4H2,2H3.